The number of halogens is 3. The van der Waals surface area contributed by atoms with Crippen molar-refractivity contribution in [1.29, 1.82) is 5.26 Å². The third-order valence-electron chi connectivity index (χ3n) is 9.13. The average molecular weight is 547 g/mol. The van der Waals surface area contributed by atoms with Crippen LogP contribution < -0.4 is 0 Å². The summed E-state index contributed by atoms with van der Waals surface area (Å²) in [4.78, 5) is 44.0. The summed E-state index contributed by atoms with van der Waals surface area (Å²) in [6.45, 7) is -1.08. The van der Waals surface area contributed by atoms with Gasteiger partial charge in [0.15, 0.2) is 0 Å². The summed E-state index contributed by atoms with van der Waals surface area (Å²) in [5.41, 5.74) is -0.718. The number of rotatable bonds is 6. The molecule has 2 saturated heterocycles. The van der Waals surface area contributed by atoms with Crippen molar-refractivity contribution in [2.24, 2.45) is 5.41 Å². The Kier molecular flexibility index (Phi) is 7.25. The molecular weight excluding hydrogens is 513 g/mol. The van der Waals surface area contributed by atoms with Gasteiger partial charge in [0, 0.05) is 30.3 Å². The minimum atomic E-state index is -2.87. The number of nitrogens with zero attached hydrogens (tertiary/aromatic N) is 4. The summed E-state index contributed by atoms with van der Waals surface area (Å²) in [6.07, 6.45) is 0.137. The number of likely N-dealkylation sites (tertiary alicyclic amines) is 2. The zero-order chi connectivity index (χ0) is 27.8. The first-order valence-corrected chi connectivity index (χ1v) is 13.6. The molecule has 11 heteroatoms. The lowest BCUT2D eigenvalue weighted by Crippen LogP contribution is -2.63. The number of alkyl halides is 3. The van der Waals surface area contributed by atoms with E-state index >= 15 is 0 Å². The molecule has 2 heterocycles. The minimum absolute atomic E-state index is 0.00310. The highest BCUT2D eigenvalue weighted by Crippen LogP contribution is 2.56. The van der Waals surface area contributed by atoms with E-state index in [9.17, 15) is 32.8 Å². The fraction of sp³-hybridized carbons (Fsp3) is 0.643. The van der Waals surface area contributed by atoms with Crippen LogP contribution in [0.1, 0.15) is 56.9 Å². The Morgan fingerprint density at radius 1 is 1.05 bits per heavy atom. The molecular formula is C28H33F3N4O4. The van der Waals surface area contributed by atoms with Crippen LogP contribution in [0.15, 0.2) is 30.3 Å². The zero-order valence-corrected chi connectivity index (χ0v) is 21.8. The largest absolute Gasteiger partial charge is 0.445 e. The highest BCUT2D eigenvalue weighted by molar-refractivity contribution is 5.85. The van der Waals surface area contributed by atoms with Gasteiger partial charge in [0.25, 0.3) is 5.92 Å². The normalized spacial score (nSPS) is 31.1. The van der Waals surface area contributed by atoms with Gasteiger partial charge in [-0.25, -0.2) is 18.0 Å². The monoisotopic (exact) mass is 546 g/mol. The maximum atomic E-state index is 14.0. The molecule has 0 N–H and O–H groups in total. The number of hydrogen-bond acceptors (Lipinski definition) is 5. The predicted molar refractivity (Wildman–Crippen MR) is 133 cm³/mol. The van der Waals surface area contributed by atoms with Crippen LogP contribution in [0.4, 0.5) is 18.0 Å². The molecule has 1 aromatic carbocycles. The minimum Gasteiger partial charge on any atom is -0.445 e. The molecule has 0 unspecified atom stereocenters. The van der Waals surface area contributed by atoms with Crippen LogP contribution in [0.3, 0.4) is 0 Å². The van der Waals surface area contributed by atoms with Crippen LogP contribution in [0.2, 0.25) is 0 Å². The van der Waals surface area contributed by atoms with E-state index < -0.39 is 47.6 Å². The zero-order valence-electron chi connectivity index (χ0n) is 21.8. The lowest BCUT2D eigenvalue weighted by atomic mass is 9.56. The maximum Gasteiger partial charge on any atom is 0.411 e. The average Bonchev–Trinajstić information content (AvgIpc) is 3.52. The Bertz CT molecular complexity index is 1130. The molecule has 0 radical (unpaired) electrons. The summed E-state index contributed by atoms with van der Waals surface area (Å²) in [5, 5.41) is 9.41. The van der Waals surface area contributed by atoms with Gasteiger partial charge < -0.3 is 14.5 Å². The van der Waals surface area contributed by atoms with E-state index in [4.69, 9.17) is 4.74 Å². The number of amides is 3. The van der Waals surface area contributed by atoms with E-state index in [0.29, 0.717) is 38.5 Å². The van der Waals surface area contributed by atoms with Crippen LogP contribution in [0.25, 0.3) is 0 Å². The van der Waals surface area contributed by atoms with Crippen molar-refractivity contribution < 1.29 is 32.3 Å². The van der Waals surface area contributed by atoms with E-state index in [2.05, 4.69) is 0 Å². The highest BCUT2D eigenvalue weighted by Gasteiger charge is 2.58. The highest BCUT2D eigenvalue weighted by atomic mass is 19.3. The molecule has 210 valence electrons. The number of nitriles is 1. The van der Waals surface area contributed by atoms with E-state index in [-0.39, 0.29) is 45.0 Å². The van der Waals surface area contributed by atoms with Gasteiger partial charge >= 0.3 is 6.09 Å². The van der Waals surface area contributed by atoms with E-state index in [1.54, 1.807) is 0 Å². The quantitative estimate of drug-likeness (QED) is 0.537. The summed E-state index contributed by atoms with van der Waals surface area (Å²) < 4.78 is 47.3. The molecule has 0 aromatic heterocycles. The molecule has 5 fully saturated rings. The molecule has 3 saturated carbocycles. The molecule has 2 bridgehead atoms. The number of ether oxygens (including phenoxy) is 1. The first-order chi connectivity index (χ1) is 18.6. The summed E-state index contributed by atoms with van der Waals surface area (Å²) >= 11 is 0. The number of carbonyl (C=O) groups excluding carboxylic acids is 3. The number of fused-ring (bicyclic) bond motifs is 3. The van der Waals surface area contributed by atoms with Gasteiger partial charge in [-0.3, -0.25) is 14.5 Å². The third-order valence-corrected chi connectivity index (χ3v) is 9.13. The van der Waals surface area contributed by atoms with E-state index in [1.165, 1.54) is 14.7 Å². The van der Waals surface area contributed by atoms with E-state index in [1.807, 2.05) is 36.4 Å². The molecule has 6 rings (SSSR count). The summed E-state index contributed by atoms with van der Waals surface area (Å²) in [7, 11) is 0. The predicted octanol–water partition coefficient (Wildman–Crippen LogP) is 4.05. The Morgan fingerprint density at radius 3 is 2.31 bits per heavy atom. The van der Waals surface area contributed by atoms with Gasteiger partial charge in [0.1, 0.15) is 25.4 Å². The van der Waals surface area contributed by atoms with Gasteiger partial charge in [-0.05, 0) is 44.1 Å². The van der Waals surface area contributed by atoms with Crippen LogP contribution in [0.5, 0.6) is 0 Å². The van der Waals surface area contributed by atoms with Gasteiger partial charge in [-0.15, -0.1) is 0 Å². The van der Waals surface area contributed by atoms with Gasteiger partial charge in [0.2, 0.25) is 11.8 Å². The standard InChI is InChI=1S/C28H33F3N4O4/c29-21-14-22(15-32)34(16-21)23(36)17-35(25(38)39-18-20-4-2-1-3-5-20)27-9-6-26(7-10-27,8-11-27)24(37)33-13-12-28(30,31)19-33/h1-5,21-22H,6-14,16-19H2/t21-,22-,26?,27?/m0/s1. The molecule has 0 spiro atoms. The van der Waals surface area contributed by atoms with E-state index in [0.717, 1.165) is 5.56 Å². The topological polar surface area (TPSA) is 94.0 Å². The smallest absolute Gasteiger partial charge is 0.411 e. The first-order valence-electron chi connectivity index (χ1n) is 13.6. The van der Waals surface area contributed by atoms with Crippen LogP contribution in [-0.4, -0.2) is 82.5 Å². The first kappa shape index (κ1) is 27.3. The van der Waals surface area contributed by atoms with Crippen molar-refractivity contribution in [2.75, 3.05) is 26.2 Å². The molecule has 39 heavy (non-hydrogen) atoms. The molecule has 8 nitrogen and oxygen atoms in total. The number of benzene rings is 1. The fourth-order valence-electron chi connectivity index (χ4n) is 6.77. The summed E-state index contributed by atoms with van der Waals surface area (Å²) in [5.74, 6) is -3.63. The van der Waals surface area contributed by atoms with Gasteiger partial charge in [-0.2, -0.15) is 5.26 Å². The van der Waals surface area contributed by atoms with Crippen molar-refractivity contribution in [3.05, 3.63) is 35.9 Å². The van der Waals surface area contributed by atoms with Crippen molar-refractivity contribution in [3.63, 3.8) is 0 Å². The van der Waals surface area contributed by atoms with Gasteiger partial charge in [0.05, 0.1) is 19.2 Å². The number of carbonyl (C=O) groups is 3. The molecule has 1 aromatic rings. The van der Waals surface area contributed by atoms with Crippen LogP contribution in [-0.2, 0) is 20.9 Å². The lowest BCUT2D eigenvalue weighted by Gasteiger charge is -2.56. The Balaban J connectivity index is 1.33. The van der Waals surface area contributed by atoms with Crippen molar-refractivity contribution in [3.8, 4) is 6.07 Å². The second kappa shape index (κ2) is 10.4. The molecule has 2 atom stereocenters. The lowest BCUT2D eigenvalue weighted by molar-refractivity contribution is -0.154. The Labute approximate surface area is 225 Å². The summed E-state index contributed by atoms with van der Waals surface area (Å²) in [6, 6.07) is 10.2. The fourth-order valence-corrected chi connectivity index (χ4v) is 6.77. The maximum absolute atomic E-state index is 14.0. The third kappa shape index (κ3) is 5.30. The van der Waals surface area contributed by atoms with Crippen molar-refractivity contribution in [1.82, 2.24) is 14.7 Å². The SMILES string of the molecule is N#C[C@@H]1C[C@H](F)CN1C(=O)CN(C(=O)OCc1ccccc1)C12CCC(C(=O)N3CCC(F)(F)C3)(CC1)CC2. The van der Waals surface area contributed by atoms with Gasteiger partial charge in [-0.1, -0.05) is 30.3 Å². The molecule has 3 aliphatic carbocycles. The second-order valence-electron chi connectivity index (χ2n) is 11.5. The Morgan fingerprint density at radius 2 is 1.72 bits per heavy atom. The number of hydrogen-bond donors (Lipinski definition) is 0. The molecule has 2 aliphatic heterocycles. The second-order valence-corrected chi connectivity index (χ2v) is 11.5. The van der Waals surface area contributed by atoms with Crippen molar-refractivity contribution in [2.45, 2.75) is 81.6 Å². The Hall–Kier alpha value is -3.29. The molecule has 5 aliphatic rings. The van der Waals surface area contributed by atoms with Crippen LogP contribution in [0, 0.1) is 16.7 Å². The molecule has 3 amide bonds. The van der Waals surface area contributed by atoms with Crippen molar-refractivity contribution >= 4 is 17.9 Å². The van der Waals surface area contributed by atoms with Crippen LogP contribution >= 0.6 is 0 Å².